The summed E-state index contributed by atoms with van der Waals surface area (Å²) < 4.78 is 11.0. The fourth-order valence-corrected chi connectivity index (χ4v) is 2.48. The van der Waals surface area contributed by atoms with Crippen molar-refractivity contribution in [1.29, 1.82) is 5.41 Å². The van der Waals surface area contributed by atoms with Crippen molar-refractivity contribution in [3.05, 3.63) is 36.1 Å². The van der Waals surface area contributed by atoms with Crippen LogP contribution in [0.5, 0.6) is 0 Å². The van der Waals surface area contributed by atoms with Gasteiger partial charge in [-0.15, -0.1) is 0 Å². The van der Waals surface area contributed by atoms with Gasteiger partial charge < -0.3 is 15.2 Å². The molecular weight excluding hydrogens is 342 g/mol. The van der Waals surface area contributed by atoms with E-state index in [0.717, 1.165) is 39.1 Å². The topological polar surface area (TPSA) is 96.3 Å². The van der Waals surface area contributed by atoms with Crippen LogP contribution in [0, 0.1) is 5.41 Å². The minimum Gasteiger partial charge on any atom is -0.398 e. The highest BCUT2D eigenvalue weighted by atomic mass is 16.5. The zero-order valence-electron chi connectivity index (χ0n) is 16.4. The van der Waals surface area contributed by atoms with Gasteiger partial charge in [-0.1, -0.05) is 18.7 Å². The normalized spacial score (nSPS) is 21.5. The molecule has 0 atom stereocenters. The van der Waals surface area contributed by atoms with E-state index in [9.17, 15) is 0 Å². The second-order valence-corrected chi connectivity index (χ2v) is 7.00. The molecule has 148 valence electrons. The molecule has 2 rings (SSSR count). The summed E-state index contributed by atoms with van der Waals surface area (Å²) in [5.41, 5.74) is 7.94. The molecule has 0 bridgehead atoms. The average Bonchev–Trinajstić information content (AvgIpc) is 3.41. The van der Waals surface area contributed by atoms with Crippen LogP contribution < -0.4 is 5.73 Å². The van der Waals surface area contributed by atoms with Gasteiger partial charge in [0.15, 0.2) is 0 Å². The number of nitrogens with one attached hydrogen (secondary N) is 1. The van der Waals surface area contributed by atoms with Crippen molar-refractivity contribution in [2.75, 3.05) is 39.6 Å². The largest absolute Gasteiger partial charge is 0.398 e. The highest BCUT2D eigenvalue weighted by molar-refractivity contribution is 6.48. The van der Waals surface area contributed by atoms with E-state index in [0.29, 0.717) is 30.3 Å². The van der Waals surface area contributed by atoms with E-state index in [2.05, 4.69) is 28.4 Å². The van der Waals surface area contributed by atoms with E-state index < -0.39 is 0 Å². The molecule has 3 N–H and O–H groups in total. The Morgan fingerprint density at radius 3 is 2.70 bits per heavy atom. The molecule has 0 amide bonds. The molecule has 0 aromatic rings. The highest BCUT2D eigenvalue weighted by Gasteiger charge is 2.37. The van der Waals surface area contributed by atoms with Crippen LogP contribution in [0.15, 0.2) is 46.1 Å². The number of aliphatic imine (C=N–C) groups is 2. The maximum atomic E-state index is 8.31. The van der Waals surface area contributed by atoms with Gasteiger partial charge in [-0.3, -0.25) is 15.3 Å². The minimum atomic E-state index is 0.0423. The Morgan fingerprint density at radius 1 is 1.37 bits per heavy atom. The maximum Gasteiger partial charge on any atom is 0.111 e. The molecule has 7 heteroatoms. The van der Waals surface area contributed by atoms with E-state index in [1.165, 1.54) is 6.34 Å². The number of rotatable bonds is 10. The molecule has 0 aromatic carbocycles. The van der Waals surface area contributed by atoms with Gasteiger partial charge in [0.1, 0.15) is 6.34 Å². The van der Waals surface area contributed by atoms with Crippen LogP contribution in [-0.4, -0.2) is 67.8 Å². The summed E-state index contributed by atoms with van der Waals surface area (Å²) in [5, 5.41) is 8.31. The fraction of sp³-hybridized carbons (Fsp3) is 0.550. The molecule has 0 spiro atoms. The molecule has 1 aliphatic heterocycles. The summed E-state index contributed by atoms with van der Waals surface area (Å²) in [5.74, 6) is 0. The van der Waals surface area contributed by atoms with E-state index in [-0.39, 0.29) is 11.3 Å². The first-order valence-corrected chi connectivity index (χ1v) is 9.30. The van der Waals surface area contributed by atoms with Crippen LogP contribution in [0.2, 0.25) is 0 Å². The van der Waals surface area contributed by atoms with Crippen molar-refractivity contribution in [2.45, 2.75) is 32.3 Å². The number of morpholine rings is 1. The van der Waals surface area contributed by atoms with Crippen LogP contribution in [0.3, 0.4) is 0 Å². The van der Waals surface area contributed by atoms with Gasteiger partial charge in [0.25, 0.3) is 0 Å². The first kappa shape index (κ1) is 21.2. The van der Waals surface area contributed by atoms with Crippen LogP contribution in [0.1, 0.15) is 26.7 Å². The Bertz CT molecular complexity index is 653. The lowest BCUT2D eigenvalue weighted by Gasteiger charge is -2.24. The van der Waals surface area contributed by atoms with Crippen LogP contribution in [0.25, 0.3) is 0 Å². The molecule has 2 fully saturated rings. The Kier molecular flexibility index (Phi) is 8.09. The zero-order valence-corrected chi connectivity index (χ0v) is 16.4. The predicted octanol–water partition coefficient (Wildman–Crippen LogP) is 2.31. The molecule has 1 aliphatic carbocycles. The Morgan fingerprint density at radius 2 is 2.07 bits per heavy atom. The first-order valence-electron chi connectivity index (χ1n) is 9.30. The number of ether oxygens (including phenoxy) is 2. The summed E-state index contributed by atoms with van der Waals surface area (Å²) in [7, 11) is 0. The zero-order chi connectivity index (χ0) is 19.7. The van der Waals surface area contributed by atoms with Gasteiger partial charge in [0, 0.05) is 24.4 Å². The van der Waals surface area contributed by atoms with Crippen molar-refractivity contribution in [1.82, 2.24) is 4.90 Å². The van der Waals surface area contributed by atoms with E-state index in [4.69, 9.17) is 20.6 Å². The third-order valence-electron chi connectivity index (χ3n) is 4.64. The van der Waals surface area contributed by atoms with Gasteiger partial charge in [-0.05, 0) is 32.8 Å². The quantitative estimate of drug-likeness (QED) is 0.349. The Hall–Kier alpha value is -2.09. The van der Waals surface area contributed by atoms with E-state index in [1.807, 2.05) is 6.08 Å². The van der Waals surface area contributed by atoms with E-state index >= 15 is 0 Å². The van der Waals surface area contributed by atoms with E-state index in [1.54, 1.807) is 19.1 Å². The predicted molar refractivity (Wildman–Crippen MR) is 111 cm³/mol. The lowest BCUT2D eigenvalue weighted by Crippen LogP contribution is -2.36. The number of nitrogens with two attached hydrogens (primary N) is 1. The monoisotopic (exact) mass is 373 g/mol. The Balaban J connectivity index is 1.88. The number of nitrogens with zero attached hydrogens (tertiary/aromatic N) is 3. The molecule has 1 heterocycles. The van der Waals surface area contributed by atoms with Gasteiger partial charge in [-0.25, -0.2) is 4.99 Å². The lowest BCUT2D eigenvalue weighted by molar-refractivity contribution is 0.0395. The fourth-order valence-electron chi connectivity index (χ4n) is 2.48. The summed E-state index contributed by atoms with van der Waals surface area (Å²) in [6.07, 6.45) is 8.92. The highest BCUT2D eigenvalue weighted by Crippen LogP contribution is 2.38. The number of hydrogen-bond donors (Lipinski definition) is 2. The van der Waals surface area contributed by atoms with Crippen molar-refractivity contribution < 1.29 is 9.47 Å². The maximum absolute atomic E-state index is 8.31. The lowest BCUT2D eigenvalue weighted by atomic mass is 10.0. The van der Waals surface area contributed by atoms with Gasteiger partial charge in [-0.2, -0.15) is 0 Å². The minimum absolute atomic E-state index is 0.0423. The summed E-state index contributed by atoms with van der Waals surface area (Å²) >= 11 is 0. The third-order valence-corrected chi connectivity index (χ3v) is 4.64. The molecule has 7 nitrogen and oxygen atoms in total. The van der Waals surface area contributed by atoms with Gasteiger partial charge in [0.2, 0.25) is 0 Å². The third kappa shape index (κ3) is 7.21. The summed E-state index contributed by atoms with van der Waals surface area (Å²) in [6, 6.07) is 0. The number of hydrogen-bond acceptors (Lipinski definition) is 6. The second-order valence-electron chi connectivity index (χ2n) is 7.00. The molecule has 1 saturated carbocycles. The average molecular weight is 374 g/mol. The molecule has 0 radical (unpaired) electrons. The van der Waals surface area contributed by atoms with Crippen LogP contribution >= 0.6 is 0 Å². The smallest absolute Gasteiger partial charge is 0.111 e. The molecule has 27 heavy (non-hydrogen) atoms. The summed E-state index contributed by atoms with van der Waals surface area (Å²) in [4.78, 5) is 10.7. The van der Waals surface area contributed by atoms with Crippen molar-refractivity contribution in [3.8, 4) is 0 Å². The molecule has 1 saturated heterocycles. The van der Waals surface area contributed by atoms with Gasteiger partial charge >= 0.3 is 0 Å². The number of allylic oxidation sites excluding steroid dienone is 3. The standard InChI is InChI=1S/C20H31N5O2/c1-4-17(18(21)6-5-11-27-20(3)7-8-20)19(22)16(2)24-14-23-15-25-9-12-26-13-10-25/h4-6,14,22H,1,7-13,15,21H2,2-3H3/b6-5-,18-17-,22-19?,23-14?,24-16?. The molecule has 0 unspecified atom stereocenters. The second kappa shape index (κ2) is 10.3. The van der Waals surface area contributed by atoms with Crippen molar-refractivity contribution in [3.63, 3.8) is 0 Å². The molecular formula is C20H31N5O2. The molecule has 2 aliphatic rings. The first-order chi connectivity index (χ1) is 12.9. The van der Waals surface area contributed by atoms with Gasteiger partial charge in [0.05, 0.1) is 43.5 Å². The molecule has 0 aromatic heterocycles. The Labute approximate surface area is 161 Å². The van der Waals surface area contributed by atoms with Crippen molar-refractivity contribution >= 4 is 17.8 Å². The summed E-state index contributed by atoms with van der Waals surface area (Å²) in [6.45, 7) is 12.0. The SMILES string of the molecule is C=C/C(C(=N)C(C)=NC=NCN1CCOCC1)=C(N)\C=C/COC1(C)CC1. The van der Waals surface area contributed by atoms with Crippen molar-refractivity contribution in [2.24, 2.45) is 15.7 Å². The van der Waals surface area contributed by atoms with Crippen LogP contribution in [0.4, 0.5) is 0 Å². The van der Waals surface area contributed by atoms with Crippen LogP contribution in [-0.2, 0) is 9.47 Å².